The van der Waals surface area contributed by atoms with Gasteiger partial charge in [0.05, 0.1) is 6.61 Å². The number of rotatable bonds is 9. The van der Waals surface area contributed by atoms with Crippen LogP contribution in [0.2, 0.25) is 0 Å². The minimum atomic E-state index is -0.0189. The third kappa shape index (κ3) is 6.06. The van der Waals surface area contributed by atoms with Gasteiger partial charge in [-0.1, -0.05) is 29.8 Å². The molecular formula is C27H34N2O4. The zero-order chi connectivity index (χ0) is 23.2. The molecule has 0 bridgehead atoms. The fraction of sp³-hybridized carbons (Fsp3) is 0.481. The normalized spacial score (nSPS) is 15.8. The van der Waals surface area contributed by atoms with E-state index >= 15 is 0 Å². The molecule has 2 aromatic rings. The SMILES string of the molecule is CCOc1cc(C(=O)N(Cc2ccc(C)cc2)C2CC2)ccc1OCC(=O)N1CCCCC1. The van der Waals surface area contributed by atoms with Crippen molar-refractivity contribution in [3.63, 3.8) is 0 Å². The lowest BCUT2D eigenvalue weighted by atomic mass is 10.1. The number of piperidine rings is 1. The van der Waals surface area contributed by atoms with E-state index in [9.17, 15) is 9.59 Å². The molecule has 33 heavy (non-hydrogen) atoms. The molecule has 6 nitrogen and oxygen atoms in total. The smallest absolute Gasteiger partial charge is 0.260 e. The Balaban J connectivity index is 1.46. The predicted octanol–water partition coefficient (Wildman–Crippen LogP) is 4.59. The van der Waals surface area contributed by atoms with E-state index in [1.54, 1.807) is 18.2 Å². The van der Waals surface area contributed by atoms with Crippen molar-refractivity contribution in [3.8, 4) is 11.5 Å². The van der Waals surface area contributed by atoms with Crippen LogP contribution in [0.1, 0.15) is 60.5 Å². The van der Waals surface area contributed by atoms with E-state index in [0.29, 0.717) is 30.2 Å². The monoisotopic (exact) mass is 450 g/mol. The van der Waals surface area contributed by atoms with Gasteiger partial charge in [-0.2, -0.15) is 0 Å². The van der Waals surface area contributed by atoms with Crippen molar-refractivity contribution in [2.75, 3.05) is 26.3 Å². The van der Waals surface area contributed by atoms with Crippen LogP contribution in [0.5, 0.6) is 11.5 Å². The molecule has 0 aromatic heterocycles. The Morgan fingerprint density at radius 2 is 1.70 bits per heavy atom. The van der Waals surface area contributed by atoms with Crippen LogP contribution in [0, 0.1) is 6.92 Å². The fourth-order valence-corrected chi connectivity index (χ4v) is 4.21. The summed E-state index contributed by atoms with van der Waals surface area (Å²) in [5, 5.41) is 0. The van der Waals surface area contributed by atoms with E-state index in [2.05, 4.69) is 31.2 Å². The maximum atomic E-state index is 13.4. The van der Waals surface area contributed by atoms with Crippen molar-refractivity contribution in [2.45, 2.75) is 58.5 Å². The molecule has 0 radical (unpaired) electrons. The molecule has 1 heterocycles. The molecule has 0 spiro atoms. The number of hydrogen-bond donors (Lipinski definition) is 0. The molecular weight excluding hydrogens is 416 g/mol. The molecule has 2 amide bonds. The van der Waals surface area contributed by atoms with Crippen molar-refractivity contribution in [2.24, 2.45) is 0 Å². The summed E-state index contributed by atoms with van der Waals surface area (Å²) in [6.07, 6.45) is 5.35. The van der Waals surface area contributed by atoms with E-state index in [1.165, 1.54) is 12.0 Å². The van der Waals surface area contributed by atoms with Gasteiger partial charge in [0.1, 0.15) is 0 Å². The number of hydrogen-bond acceptors (Lipinski definition) is 4. The summed E-state index contributed by atoms with van der Waals surface area (Å²) >= 11 is 0. The predicted molar refractivity (Wildman–Crippen MR) is 128 cm³/mol. The Morgan fingerprint density at radius 1 is 0.970 bits per heavy atom. The third-order valence-corrected chi connectivity index (χ3v) is 6.27. The summed E-state index contributed by atoms with van der Waals surface area (Å²) in [5.41, 5.74) is 2.91. The van der Waals surface area contributed by atoms with Gasteiger partial charge >= 0.3 is 0 Å². The molecule has 2 fully saturated rings. The van der Waals surface area contributed by atoms with Crippen molar-refractivity contribution >= 4 is 11.8 Å². The van der Waals surface area contributed by atoms with Crippen LogP contribution in [0.15, 0.2) is 42.5 Å². The zero-order valence-corrected chi connectivity index (χ0v) is 19.7. The Bertz CT molecular complexity index is 963. The highest BCUT2D eigenvalue weighted by molar-refractivity contribution is 5.95. The number of amides is 2. The summed E-state index contributed by atoms with van der Waals surface area (Å²) in [6, 6.07) is 13.9. The van der Waals surface area contributed by atoms with E-state index in [4.69, 9.17) is 9.47 Å². The Labute approximate surface area is 196 Å². The molecule has 2 aliphatic rings. The lowest BCUT2D eigenvalue weighted by molar-refractivity contribution is -0.134. The number of benzene rings is 2. The molecule has 2 aromatic carbocycles. The first kappa shape index (κ1) is 23.1. The summed E-state index contributed by atoms with van der Waals surface area (Å²) in [4.78, 5) is 29.7. The number of carbonyl (C=O) groups excluding carboxylic acids is 2. The molecule has 0 N–H and O–H groups in total. The molecule has 1 aliphatic carbocycles. The quantitative estimate of drug-likeness (QED) is 0.561. The number of carbonyl (C=O) groups is 2. The second-order valence-electron chi connectivity index (χ2n) is 8.97. The molecule has 6 heteroatoms. The minimum Gasteiger partial charge on any atom is -0.490 e. The Hall–Kier alpha value is -3.02. The zero-order valence-electron chi connectivity index (χ0n) is 19.7. The van der Waals surface area contributed by atoms with Gasteiger partial charge in [0.25, 0.3) is 11.8 Å². The minimum absolute atomic E-state index is 0.00434. The maximum Gasteiger partial charge on any atom is 0.260 e. The number of nitrogens with zero attached hydrogens (tertiary/aromatic N) is 2. The van der Waals surface area contributed by atoms with Crippen LogP contribution in [0.4, 0.5) is 0 Å². The maximum absolute atomic E-state index is 13.4. The summed E-state index contributed by atoms with van der Waals surface area (Å²) in [6.45, 7) is 6.57. The lowest BCUT2D eigenvalue weighted by Gasteiger charge is -2.26. The van der Waals surface area contributed by atoms with Gasteiger partial charge in [-0.15, -0.1) is 0 Å². The number of aryl methyl sites for hydroxylation is 1. The topological polar surface area (TPSA) is 59.1 Å². The summed E-state index contributed by atoms with van der Waals surface area (Å²) in [5.74, 6) is 0.987. The van der Waals surface area contributed by atoms with Crippen molar-refractivity contribution in [1.82, 2.24) is 9.80 Å². The van der Waals surface area contributed by atoms with Crippen LogP contribution in [0.25, 0.3) is 0 Å². The van der Waals surface area contributed by atoms with Gasteiger partial charge in [-0.3, -0.25) is 9.59 Å². The fourth-order valence-electron chi connectivity index (χ4n) is 4.21. The molecule has 4 rings (SSSR count). The summed E-state index contributed by atoms with van der Waals surface area (Å²) < 4.78 is 11.6. The first-order chi connectivity index (χ1) is 16.0. The van der Waals surface area contributed by atoms with Gasteiger partial charge in [0, 0.05) is 31.2 Å². The number of likely N-dealkylation sites (tertiary alicyclic amines) is 1. The highest BCUT2D eigenvalue weighted by atomic mass is 16.5. The van der Waals surface area contributed by atoms with E-state index in [1.807, 2.05) is 16.7 Å². The van der Waals surface area contributed by atoms with Gasteiger partial charge < -0.3 is 19.3 Å². The van der Waals surface area contributed by atoms with Crippen LogP contribution in [-0.2, 0) is 11.3 Å². The van der Waals surface area contributed by atoms with Crippen molar-refractivity contribution in [3.05, 3.63) is 59.2 Å². The molecule has 0 unspecified atom stereocenters. The molecule has 0 atom stereocenters. The van der Waals surface area contributed by atoms with E-state index in [0.717, 1.165) is 44.3 Å². The van der Waals surface area contributed by atoms with Gasteiger partial charge in [0.15, 0.2) is 18.1 Å². The molecule has 1 saturated carbocycles. The standard InChI is InChI=1S/C27H34N2O4/c1-3-32-25-17-22(11-14-24(25)33-19-26(30)28-15-5-4-6-16-28)27(31)29(23-12-13-23)18-21-9-7-20(2)8-10-21/h7-11,14,17,23H,3-6,12-13,15-16,18-19H2,1-2H3. The second kappa shape index (κ2) is 10.7. The second-order valence-corrected chi connectivity index (χ2v) is 8.97. The largest absolute Gasteiger partial charge is 0.490 e. The third-order valence-electron chi connectivity index (χ3n) is 6.27. The summed E-state index contributed by atoms with van der Waals surface area (Å²) in [7, 11) is 0. The molecule has 1 saturated heterocycles. The molecule has 176 valence electrons. The first-order valence-electron chi connectivity index (χ1n) is 12.1. The van der Waals surface area contributed by atoms with E-state index in [-0.39, 0.29) is 24.5 Å². The Morgan fingerprint density at radius 3 is 2.36 bits per heavy atom. The van der Waals surface area contributed by atoms with Gasteiger partial charge in [0.2, 0.25) is 0 Å². The van der Waals surface area contributed by atoms with Crippen molar-refractivity contribution < 1.29 is 19.1 Å². The Kier molecular flexibility index (Phi) is 7.53. The highest BCUT2D eigenvalue weighted by Crippen LogP contribution is 2.33. The van der Waals surface area contributed by atoms with Gasteiger partial charge in [-0.05, 0) is 69.7 Å². The van der Waals surface area contributed by atoms with Crippen LogP contribution in [0.3, 0.4) is 0 Å². The first-order valence-corrected chi connectivity index (χ1v) is 12.1. The lowest BCUT2D eigenvalue weighted by Crippen LogP contribution is -2.38. The molecule has 1 aliphatic heterocycles. The van der Waals surface area contributed by atoms with Crippen LogP contribution >= 0.6 is 0 Å². The van der Waals surface area contributed by atoms with Crippen LogP contribution in [-0.4, -0.2) is 54.0 Å². The average molecular weight is 451 g/mol. The van der Waals surface area contributed by atoms with Crippen LogP contribution < -0.4 is 9.47 Å². The van der Waals surface area contributed by atoms with E-state index < -0.39 is 0 Å². The van der Waals surface area contributed by atoms with Gasteiger partial charge in [-0.25, -0.2) is 0 Å². The number of ether oxygens (including phenoxy) is 2. The highest BCUT2D eigenvalue weighted by Gasteiger charge is 2.33. The van der Waals surface area contributed by atoms with Crippen molar-refractivity contribution in [1.29, 1.82) is 0 Å². The average Bonchev–Trinajstić information content (AvgIpc) is 3.68.